The van der Waals surface area contributed by atoms with Crippen LogP contribution in [-0.2, 0) is 33.1 Å². The summed E-state index contributed by atoms with van der Waals surface area (Å²) in [4.78, 5) is -0.528. The predicted molar refractivity (Wildman–Crippen MR) is 125 cm³/mol. The molecule has 3 aromatic rings. The Hall–Kier alpha value is -2.43. The van der Waals surface area contributed by atoms with Gasteiger partial charge >= 0.3 is 0 Å². The van der Waals surface area contributed by atoms with E-state index in [1.165, 1.54) is 12.1 Å². The van der Waals surface area contributed by atoms with Crippen molar-refractivity contribution in [3.8, 4) is 5.75 Å². The third-order valence-electron chi connectivity index (χ3n) is 5.01. The van der Waals surface area contributed by atoms with Crippen molar-refractivity contribution in [2.75, 3.05) is 0 Å². The molecule has 0 aliphatic rings. The second-order valence-electron chi connectivity index (χ2n) is 7.75. The summed E-state index contributed by atoms with van der Waals surface area (Å²) >= 11 is 6.24. The van der Waals surface area contributed by atoms with Crippen LogP contribution >= 0.6 is 11.6 Å². The maximum absolute atomic E-state index is 11.9. The van der Waals surface area contributed by atoms with Gasteiger partial charge in [0.1, 0.15) is 11.9 Å². The molecule has 7 nitrogen and oxygen atoms in total. The van der Waals surface area contributed by atoms with E-state index in [0.717, 1.165) is 11.1 Å². The maximum Gasteiger partial charge on any atom is 0.294 e. The molecule has 0 heterocycles. The van der Waals surface area contributed by atoms with Gasteiger partial charge in [-0.3, -0.25) is 9.11 Å². The van der Waals surface area contributed by atoms with E-state index < -0.39 is 26.3 Å². The Morgan fingerprint density at radius 2 is 1.24 bits per heavy atom. The van der Waals surface area contributed by atoms with Gasteiger partial charge in [-0.1, -0.05) is 59.1 Å². The second-order valence-corrected chi connectivity index (χ2v) is 10.9. The van der Waals surface area contributed by atoms with E-state index in [0.29, 0.717) is 21.9 Å². The molecule has 0 saturated heterocycles. The van der Waals surface area contributed by atoms with E-state index in [1.54, 1.807) is 62.4 Å². The summed E-state index contributed by atoms with van der Waals surface area (Å²) in [6, 6.07) is 15.7. The van der Waals surface area contributed by atoms with Crippen LogP contribution in [0.25, 0.3) is 0 Å². The van der Waals surface area contributed by atoms with Crippen LogP contribution in [0.1, 0.15) is 22.3 Å². The molecule has 3 rings (SSSR count). The molecule has 0 radical (unpaired) electrons. The van der Waals surface area contributed by atoms with Crippen molar-refractivity contribution in [3.05, 3.63) is 87.9 Å². The Labute approximate surface area is 198 Å². The minimum Gasteiger partial charge on any atom is -0.488 e. The van der Waals surface area contributed by atoms with E-state index >= 15 is 0 Å². The Morgan fingerprint density at radius 3 is 1.67 bits per heavy atom. The van der Waals surface area contributed by atoms with Crippen LogP contribution in [-0.4, -0.2) is 32.0 Å². The second kappa shape index (κ2) is 9.82. The molecule has 0 aromatic heterocycles. The molecular formula is C23H23ClO7S2. The van der Waals surface area contributed by atoms with Gasteiger partial charge in [0.15, 0.2) is 0 Å². The molecule has 10 heteroatoms. The highest BCUT2D eigenvalue weighted by Gasteiger charge is 2.24. The molecule has 0 spiro atoms. The maximum atomic E-state index is 11.9. The fraction of sp³-hybridized carbons (Fsp3) is 0.217. The summed E-state index contributed by atoms with van der Waals surface area (Å²) in [5.74, 6) is 0.325. The number of ether oxygens (including phenoxy) is 1. The summed E-state index contributed by atoms with van der Waals surface area (Å²) in [5.41, 5.74) is 2.14. The first kappa shape index (κ1) is 25.2. The van der Waals surface area contributed by atoms with Crippen molar-refractivity contribution in [1.82, 2.24) is 0 Å². The fourth-order valence-electron chi connectivity index (χ4n) is 3.60. The molecule has 33 heavy (non-hydrogen) atoms. The van der Waals surface area contributed by atoms with Crippen LogP contribution < -0.4 is 4.74 Å². The summed E-state index contributed by atoms with van der Waals surface area (Å²) in [5, 5.41) is 0.320. The van der Waals surface area contributed by atoms with Gasteiger partial charge in [0.2, 0.25) is 0 Å². The van der Waals surface area contributed by atoms with E-state index in [4.69, 9.17) is 16.3 Å². The molecule has 3 aromatic carbocycles. The van der Waals surface area contributed by atoms with Gasteiger partial charge < -0.3 is 4.74 Å². The molecule has 0 bridgehead atoms. The highest BCUT2D eigenvalue weighted by atomic mass is 35.5. The lowest BCUT2D eigenvalue weighted by Gasteiger charge is -2.22. The highest BCUT2D eigenvalue weighted by Crippen LogP contribution is 2.29. The number of aryl methyl sites for hydroxylation is 2. The zero-order valence-electron chi connectivity index (χ0n) is 17.9. The summed E-state index contributed by atoms with van der Waals surface area (Å²) < 4.78 is 73.2. The van der Waals surface area contributed by atoms with Crippen LogP contribution in [0.4, 0.5) is 0 Å². The molecule has 0 atom stereocenters. The molecule has 0 unspecified atom stereocenters. The quantitative estimate of drug-likeness (QED) is 0.422. The molecule has 0 saturated carbocycles. The molecule has 2 N–H and O–H groups in total. The SMILES string of the molecule is Cc1ccc(S(=O)(=O)O)c(CC(Cc2cc(C)ccc2S(=O)(=O)O)Oc2ccccc2Cl)c1. The fourth-order valence-corrected chi connectivity index (χ4v) is 5.21. The van der Waals surface area contributed by atoms with E-state index in [1.807, 2.05) is 0 Å². The lowest BCUT2D eigenvalue weighted by Crippen LogP contribution is -2.25. The van der Waals surface area contributed by atoms with Gasteiger partial charge in [0.05, 0.1) is 14.8 Å². The third-order valence-corrected chi connectivity index (χ3v) is 7.23. The molecule has 0 fully saturated rings. The van der Waals surface area contributed by atoms with Gasteiger partial charge in [-0.15, -0.1) is 0 Å². The molecule has 0 aliphatic carbocycles. The van der Waals surface area contributed by atoms with Crippen LogP contribution in [0.5, 0.6) is 5.75 Å². The standard InChI is InChI=1S/C23H23ClO7S2/c1-15-7-9-22(32(25,26)27)17(11-15)13-19(31-21-6-4-3-5-20(21)24)14-18-12-16(2)8-10-23(18)33(28,29)30/h3-12,19H,13-14H2,1-2H3,(H,25,26,27)(H,28,29,30). The number of para-hydroxylation sites is 1. The van der Waals surface area contributed by atoms with Gasteiger partial charge in [-0.05, 0) is 49.2 Å². The molecule has 0 amide bonds. The highest BCUT2D eigenvalue weighted by molar-refractivity contribution is 7.86. The minimum atomic E-state index is -4.51. The van der Waals surface area contributed by atoms with Crippen molar-refractivity contribution in [2.24, 2.45) is 0 Å². The van der Waals surface area contributed by atoms with Crippen molar-refractivity contribution < 1.29 is 30.7 Å². The summed E-state index contributed by atoms with van der Waals surface area (Å²) in [6.45, 7) is 3.55. The Morgan fingerprint density at radius 1 is 0.788 bits per heavy atom. The number of rotatable bonds is 8. The number of halogens is 1. The molecule has 0 aliphatic heterocycles. The van der Waals surface area contributed by atoms with Crippen LogP contribution in [0.15, 0.2) is 70.5 Å². The molecule has 176 valence electrons. The lowest BCUT2D eigenvalue weighted by atomic mass is 9.98. The minimum absolute atomic E-state index is 0.0148. The summed E-state index contributed by atoms with van der Waals surface area (Å²) in [6.07, 6.45) is -0.753. The van der Waals surface area contributed by atoms with E-state index in [9.17, 15) is 25.9 Å². The number of benzene rings is 3. The average Bonchev–Trinajstić information content (AvgIpc) is 2.68. The normalized spacial score (nSPS) is 12.2. The van der Waals surface area contributed by atoms with Crippen molar-refractivity contribution >= 4 is 31.8 Å². The van der Waals surface area contributed by atoms with Gasteiger partial charge in [0, 0.05) is 12.8 Å². The summed E-state index contributed by atoms with van der Waals surface area (Å²) in [7, 11) is -9.01. The van der Waals surface area contributed by atoms with Crippen LogP contribution in [0.3, 0.4) is 0 Å². The topological polar surface area (TPSA) is 118 Å². The Balaban J connectivity index is 2.09. The van der Waals surface area contributed by atoms with E-state index in [2.05, 4.69) is 0 Å². The smallest absolute Gasteiger partial charge is 0.294 e. The molecular weight excluding hydrogens is 488 g/mol. The van der Waals surface area contributed by atoms with E-state index in [-0.39, 0.29) is 22.6 Å². The van der Waals surface area contributed by atoms with Crippen LogP contribution in [0, 0.1) is 13.8 Å². The van der Waals surface area contributed by atoms with Crippen molar-refractivity contribution in [2.45, 2.75) is 42.6 Å². The first-order valence-corrected chi connectivity index (χ1v) is 13.2. The lowest BCUT2D eigenvalue weighted by molar-refractivity contribution is 0.200. The monoisotopic (exact) mass is 510 g/mol. The van der Waals surface area contributed by atoms with Crippen molar-refractivity contribution in [1.29, 1.82) is 0 Å². The van der Waals surface area contributed by atoms with Gasteiger partial charge in [-0.2, -0.15) is 16.8 Å². The number of hydrogen-bond acceptors (Lipinski definition) is 5. The van der Waals surface area contributed by atoms with Gasteiger partial charge in [-0.25, -0.2) is 0 Å². The Kier molecular flexibility index (Phi) is 7.50. The number of hydrogen-bond donors (Lipinski definition) is 2. The zero-order chi connectivity index (χ0) is 24.4. The van der Waals surface area contributed by atoms with Gasteiger partial charge in [0.25, 0.3) is 20.2 Å². The first-order chi connectivity index (χ1) is 15.3. The predicted octanol–water partition coefficient (Wildman–Crippen LogP) is 4.68. The Bertz CT molecular complexity index is 1300. The largest absolute Gasteiger partial charge is 0.488 e. The third kappa shape index (κ3) is 6.55. The van der Waals surface area contributed by atoms with Crippen LogP contribution in [0.2, 0.25) is 5.02 Å². The zero-order valence-corrected chi connectivity index (χ0v) is 20.3. The van der Waals surface area contributed by atoms with Crippen molar-refractivity contribution in [3.63, 3.8) is 0 Å². The first-order valence-electron chi connectivity index (χ1n) is 9.90. The average molecular weight is 511 g/mol.